The summed E-state index contributed by atoms with van der Waals surface area (Å²) in [5, 5.41) is 16.9. The van der Waals surface area contributed by atoms with Crippen molar-refractivity contribution in [3.8, 4) is 6.07 Å². The third kappa shape index (κ3) is 3.96. The van der Waals surface area contributed by atoms with Crippen LogP contribution in [0.4, 0.5) is 23.0 Å². The van der Waals surface area contributed by atoms with Gasteiger partial charge >= 0.3 is 0 Å². The lowest BCUT2D eigenvalue weighted by Gasteiger charge is -2.17. The molecule has 0 saturated carbocycles. The number of aromatic nitrogens is 2. The second kappa shape index (κ2) is 8.34. The third-order valence-corrected chi connectivity index (χ3v) is 4.94. The maximum atomic E-state index is 9.72. The van der Waals surface area contributed by atoms with Gasteiger partial charge in [0.1, 0.15) is 12.0 Å². The van der Waals surface area contributed by atoms with Crippen molar-refractivity contribution in [1.82, 2.24) is 9.97 Å². The summed E-state index contributed by atoms with van der Waals surface area (Å²) in [5.41, 5.74) is 9.68. The summed E-state index contributed by atoms with van der Waals surface area (Å²) in [5.74, 6) is 0.503. The number of aryl methyl sites for hydroxylation is 1. The molecule has 0 aliphatic rings. The predicted octanol–water partition coefficient (Wildman–Crippen LogP) is 5.11. The Morgan fingerprint density at radius 1 is 1.11 bits per heavy atom. The summed E-state index contributed by atoms with van der Waals surface area (Å²) in [4.78, 5) is 8.26. The van der Waals surface area contributed by atoms with E-state index in [4.69, 9.17) is 28.9 Å². The monoisotopic (exact) mass is 412 g/mol. The second-order valence-corrected chi connectivity index (χ2v) is 7.01. The first-order chi connectivity index (χ1) is 13.4. The summed E-state index contributed by atoms with van der Waals surface area (Å²) in [6.07, 6.45) is 1.42. The van der Waals surface area contributed by atoms with Gasteiger partial charge in [-0.15, -0.1) is 0 Å². The van der Waals surface area contributed by atoms with Crippen molar-refractivity contribution in [3.63, 3.8) is 0 Å². The Labute approximate surface area is 173 Å². The molecule has 6 nitrogen and oxygen atoms in total. The van der Waals surface area contributed by atoms with Crippen LogP contribution in [0.2, 0.25) is 10.0 Å². The minimum absolute atomic E-state index is 0.403. The molecule has 0 spiro atoms. The standard InChI is InChI=1S/C20H18Cl2N6/c1-11-7-14(15(9-23)12-3-5-13(21)6-4-12)16(22)8-17(11)28-20-18(24)19(25-2)26-10-27-20/h3-8,10,15H,24H2,1-2H3,(H2,25,26,27,28). The van der Waals surface area contributed by atoms with Gasteiger partial charge in [-0.05, 0) is 41.8 Å². The van der Waals surface area contributed by atoms with E-state index in [2.05, 4.69) is 26.7 Å². The number of nitrogens with one attached hydrogen (secondary N) is 2. The van der Waals surface area contributed by atoms with Crippen LogP contribution in [0.5, 0.6) is 0 Å². The molecule has 3 aromatic rings. The van der Waals surface area contributed by atoms with Crippen LogP contribution in [-0.4, -0.2) is 17.0 Å². The number of anilines is 4. The SMILES string of the molecule is CNc1ncnc(Nc2cc(Cl)c(C(C#N)c3ccc(Cl)cc3)cc2C)c1N. The molecule has 0 fully saturated rings. The van der Waals surface area contributed by atoms with Crippen molar-refractivity contribution in [3.05, 3.63) is 69.5 Å². The van der Waals surface area contributed by atoms with Crippen LogP contribution in [0.15, 0.2) is 42.7 Å². The first kappa shape index (κ1) is 19.7. The van der Waals surface area contributed by atoms with Crippen molar-refractivity contribution in [1.29, 1.82) is 5.26 Å². The Kier molecular flexibility index (Phi) is 5.88. The van der Waals surface area contributed by atoms with E-state index in [1.807, 2.05) is 25.1 Å². The van der Waals surface area contributed by atoms with Crippen LogP contribution in [0.1, 0.15) is 22.6 Å². The van der Waals surface area contributed by atoms with Gasteiger partial charge in [0.05, 0.1) is 12.0 Å². The molecule has 0 bridgehead atoms. The highest BCUT2D eigenvalue weighted by molar-refractivity contribution is 6.32. The molecule has 1 unspecified atom stereocenters. The van der Waals surface area contributed by atoms with Crippen molar-refractivity contribution >= 4 is 46.2 Å². The molecule has 8 heteroatoms. The normalized spacial score (nSPS) is 11.5. The summed E-state index contributed by atoms with van der Waals surface area (Å²) >= 11 is 12.5. The van der Waals surface area contributed by atoms with E-state index >= 15 is 0 Å². The average Bonchev–Trinajstić information content (AvgIpc) is 2.69. The number of nitrogens with zero attached hydrogens (tertiary/aromatic N) is 3. The summed E-state index contributed by atoms with van der Waals surface area (Å²) < 4.78 is 0. The van der Waals surface area contributed by atoms with Crippen LogP contribution in [-0.2, 0) is 0 Å². The third-order valence-electron chi connectivity index (χ3n) is 4.36. The molecule has 0 aliphatic carbocycles. The molecule has 1 heterocycles. The molecule has 142 valence electrons. The Morgan fingerprint density at radius 2 is 1.79 bits per heavy atom. The lowest BCUT2D eigenvalue weighted by molar-refractivity contribution is 1.03. The fraction of sp³-hybridized carbons (Fsp3) is 0.150. The van der Waals surface area contributed by atoms with E-state index in [0.717, 1.165) is 22.4 Å². The fourth-order valence-corrected chi connectivity index (χ4v) is 3.26. The number of nitrogens with two attached hydrogens (primary N) is 1. The first-order valence-corrected chi connectivity index (χ1v) is 9.20. The minimum atomic E-state index is -0.502. The molecule has 0 saturated heterocycles. The van der Waals surface area contributed by atoms with E-state index in [9.17, 15) is 5.26 Å². The van der Waals surface area contributed by atoms with Gasteiger partial charge in [-0.1, -0.05) is 41.4 Å². The van der Waals surface area contributed by atoms with Crippen molar-refractivity contribution in [2.75, 3.05) is 23.4 Å². The quantitative estimate of drug-likeness (QED) is 0.537. The van der Waals surface area contributed by atoms with E-state index in [-0.39, 0.29) is 0 Å². The number of hydrogen-bond donors (Lipinski definition) is 3. The topological polar surface area (TPSA) is 99.6 Å². The molecule has 28 heavy (non-hydrogen) atoms. The zero-order valence-corrected chi connectivity index (χ0v) is 16.8. The van der Waals surface area contributed by atoms with Gasteiger partial charge in [-0.2, -0.15) is 5.26 Å². The fourth-order valence-electron chi connectivity index (χ4n) is 2.86. The van der Waals surface area contributed by atoms with Gasteiger partial charge in [0.2, 0.25) is 0 Å². The van der Waals surface area contributed by atoms with Crippen LogP contribution >= 0.6 is 23.2 Å². The zero-order valence-electron chi connectivity index (χ0n) is 15.3. The number of rotatable bonds is 5. The molecular formula is C20H18Cl2N6. The highest BCUT2D eigenvalue weighted by Gasteiger charge is 2.19. The molecule has 0 amide bonds. The van der Waals surface area contributed by atoms with Gasteiger partial charge in [-0.25, -0.2) is 9.97 Å². The van der Waals surface area contributed by atoms with E-state index in [1.54, 1.807) is 25.2 Å². The van der Waals surface area contributed by atoms with Gasteiger partial charge < -0.3 is 16.4 Å². The predicted molar refractivity (Wildman–Crippen MR) is 114 cm³/mol. The number of hydrogen-bond acceptors (Lipinski definition) is 6. The number of benzene rings is 2. The van der Waals surface area contributed by atoms with E-state index in [0.29, 0.717) is 27.4 Å². The van der Waals surface area contributed by atoms with Crippen LogP contribution < -0.4 is 16.4 Å². The largest absolute Gasteiger partial charge is 0.393 e. The summed E-state index contributed by atoms with van der Waals surface area (Å²) in [6.45, 7) is 1.93. The van der Waals surface area contributed by atoms with E-state index in [1.165, 1.54) is 6.33 Å². The molecule has 4 N–H and O–H groups in total. The molecule has 3 rings (SSSR count). The van der Waals surface area contributed by atoms with Crippen LogP contribution in [0.3, 0.4) is 0 Å². The smallest absolute Gasteiger partial charge is 0.159 e. The van der Waals surface area contributed by atoms with Crippen molar-refractivity contribution < 1.29 is 0 Å². The molecule has 0 radical (unpaired) electrons. The highest BCUT2D eigenvalue weighted by Crippen LogP contribution is 2.36. The molecule has 0 aliphatic heterocycles. The Bertz CT molecular complexity index is 1040. The molecular weight excluding hydrogens is 395 g/mol. The van der Waals surface area contributed by atoms with Crippen LogP contribution in [0, 0.1) is 18.3 Å². The van der Waals surface area contributed by atoms with Gasteiger partial charge in [0.25, 0.3) is 0 Å². The van der Waals surface area contributed by atoms with Crippen molar-refractivity contribution in [2.45, 2.75) is 12.8 Å². The summed E-state index contributed by atoms with van der Waals surface area (Å²) in [6, 6.07) is 13.2. The number of halogens is 2. The maximum absolute atomic E-state index is 9.72. The zero-order chi connectivity index (χ0) is 20.3. The number of nitriles is 1. The Morgan fingerprint density at radius 3 is 2.43 bits per heavy atom. The van der Waals surface area contributed by atoms with Gasteiger partial charge in [0.15, 0.2) is 11.6 Å². The van der Waals surface area contributed by atoms with Crippen molar-refractivity contribution in [2.24, 2.45) is 0 Å². The molecule has 1 atom stereocenters. The van der Waals surface area contributed by atoms with Gasteiger partial charge in [0, 0.05) is 22.8 Å². The summed E-state index contributed by atoms with van der Waals surface area (Å²) in [7, 11) is 1.73. The van der Waals surface area contributed by atoms with E-state index < -0.39 is 5.92 Å². The second-order valence-electron chi connectivity index (χ2n) is 6.16. The highest BCUT2D eigenvalue weighted by atomic mass is 35.5. The number of nitrogen functional groups attached to an aromatic ring is 1. The van der Waals surface area contributed by atoms with Crippen LogP contribution in [0.25, 0.3) is 0 Å². The maximum Gasteiger partial charge on any atom is 0.159 e. The minimum Gasteiger partial charge on any atom is -0.393 e. The Balaban J connectivity index is 1.97. The molecule has 1 aromatic heterocycles. The Hall–Kier alpha value is -3.01. The van der Waals surface area contributed by atoms with Gasteiger partial charge in [-0.3, -0.25) is 0 Å². The lowest BCUT2D eigenvalue weighted by Crippen LogP contribution is -2.06. The average molecular weight is 413 g/mol. The molecule has 2 aromatic carbocycles. The first-order valence-electron chi connectivity index (χ1n) is 8.45. The lowest BCUT2D eigenvalue weighted by atomic mass is 9.91.